The zero-order chi connectivity index (χ0) is 18.8. The first-order valence-corrected chi connectivity index (χ1v) is 10.3. The molecule has 26 heavy (non-hydrogen) atoms. The van der Waals surface area contributed by atoms with E-state index in [2.05, 4.69) is 30.3 Å². The van der Waals surface area contributed by atoms with Crippen LogP contribution in [-0.4, -0.2) is 6.61 Å². The van der Waals surface area contributed by atoms with Gasteiger partial charge in [0.05, 0.1) is 12.4 Å². The van der Waals surface area contributed by atoms with Crippen LogP contribution in [0.25, 0.3) is 0 Å². The number of aryl methyl sites for hydroxylation is 2. The Labute approximate surface area is 156 Å². The Kier molecular flexibility index (Phi) is 7.73. The van der Waals surface area contributed by atoms with Crippen molar-refractivity contribution in [3.05, 3.63) is 83.6 Å². The van der Waals surface area contributed by atoms with Crippen molar-refractivity contribution >= 4 is 7.60 Å². The fourth-order valence-corrected chi connectivity index (χ4v) is 3.57. The largest absolute Gasteiger partial charge is 0.456 e. The molecular weight excluding hydrogens is 343 g/mol. The molecule has 4 heteroatoms. The Balaban J connectivity index is 1.94. The molecule has 0 aliphatic heterocycles. The summed E-state index contributed by atoms with van der Waals surface area (Å²) in [5, 5.41) is 0. The molecule has 0 aliphatic carbocycles. The van der Waals surface area contributed by atoms with E-state index in [4.69, 9.17) is 9.05 Å². The lowest BCUT2D eigenvalue weighted by molar-refractivity contribution is 0.256. The van der Waals surface area contributed by atoms with Crippen molar-refractivity contribution in [3.63, 3.8) is 0 Å². The smallest absolute Gasteiger partial charge is 0.421 e. The molecule has 0 aromatic heterocycles. The SMILES string of the molecule is C=C(CCCc1ccccc1)OP(=O)(C#Cc1ccc(C)cc1)OCC. The second kappa shape index (κ2) is 10.0. The molecule has 0 saturated heterocycles. The summed E-state index contributed by atoms with van der Waals surface area (Å²) in [5.74, 6) is 3.32. The van der Waals surface area contributed by atoms with Crippen molar-refractivity contribution in [2.24, 2.45) is 0 Å². The minimum Gasteiger partial charge on any atom is -0.421 e. The predicted molar refractivity (Wildman–Crippen MR) is 107 cm³/mol. The molecule has 0 amide bonds. The van der Waals surface area contributed by atoms with Gasteiger partial charge >= 0.3 is 7.60 Å². The Morgan fingerprint density at radius 1 is 1.12 bits per heavy atom. The Bertz CT molecular complexity index is 814. The first-order chi connectivity index (χ1) is 12.5. The Morgan fingerprint density at radius 2 is 1.81 bits per heavy atom. The van der Waals surface area contributed by atoms with E-state index in [1.54, 1.807) is 6.92 Å². The third-order valence-corrected chi connectivity index (χ3v) is 5.18. The van der Waals surface area contributed by atoms with E-state index in [1.165, 1.54) is 5.56 Å². The number of hydrogen-bond donors (Lipinski definition) is 0. The van der Waals surface area contributed by atoms with Crippen LogP contribution in [0.1, 0.15) is 36.5 Å². The van der Waals surface area contributed by atoms with Crippen LogP contribution >= 0.6 is 7.60 Å². The van der Waals surface area contributed by atoms with E-state index in [0.717, 1.165) is 24.0 Å². The first-order valence-electron chi connectivity index (χ1n) is 8.76. The van der Waals surface area contributed by atoms with Crippen LogP contribution in [0.2, 0.25) is 0 Å². The maximum Gasteiger partial charge on any atom is 0.456 e. The minimum atomic E-state index is -3.53. The van der Waals surface area contributed by atoms with Crippen LogP contribution in [0.5, 0.6) is 0 Å². The second-order valence-corrected chi connectivity index (χ2v) is 7.65. The maximum absolute atomic E-state index is 12.8. The molecular formula is C22H25O3P. The van der Waals surface area contributed by atoms with Crippen LogP contribution in [0.4, 0.5) is 0 Å². The van der Waals surface area contributed by atoms with Crippen molar-refractivity contribution in [2.45, 2.75) is 33.1 Å². The first kappa shape index (κ1) is 20.0. The van der Waals surface area contributed by atoms with Crippen molar-refractivity contribution in [1.29, 1.82) is 0 Å². The summed E-state index contributed by atoms with van der Waals surface area (Å²) in [6.45, 7) is 7.91. The quantitative estimate of drug-likeness (QED) is 0.321. The third-order valence-electron chi connectivity index (χ3n) is 3.70. The molecule has 3 nitrogen and oxygen atoms in total. The molecule has 0 N–H and O–H groups in total. The van der Waals surface area contributed by atoms with Crippen LogP contribution in [0, 0.1) is 18.5 Å². The molecule has 0 aliphatic rings. The van der Waals surface area contributed by atoms with Gasteiger partial charge in [-0.05, 0) is 44.4 Å². The molecule has 0 fully saturated rings. The van der Waals surface area contributed by atoms with Gasteiger partial charge in [0, 0.05) is 17.6 Å². The Hall–Kier alpha value is -2.27. The van der Waals surface area contributed by atoms with E-state index in [9.17, 15) is 4.57 Å². The fraction of sp³-hybridized carbons (Fsp3) is 0.273. The summed E-state index contributed by atoms with van der Waals surface area (Å²) < 4.78 is 23.7. The average molecular weight is 368 g/mol. The van der Waals surface area contributed by atoms with Gasteiger partial charge in [0.25, 0.3) is 0 Å². The normalized spacial score (nSPS) is 12.5. The van der Waals surface area contributed by atoms with Gasteiger partial charge in [-0.3, -0.25) is 4.52 Å². The van der Waals surface area contributed by atoms with Crippen molar-refractivity contribution in [3.8, 4) is 11.6 Å². The van der Waals surface area contributed by atoms with Crippen LogP contribution < -0.4 is 0 Å². The van der Waals surface area contributed by atoms with Gasteiger partial charge in [-0.2, -0.15) is 0 Å². The molecule has 0 bridgehead atoms. The number of rotatable bonds is 8. The monoisotopic (exact) mass is 368 g/mol. The summed E-state index contributed by atoms with van der Waals surface area (Å²) in [5.41, 5.74) is 5.85. The molecule has 2 aromatic rings. The summed E-state index contributed by atoms with van der Waals surface area (Å²) in [6, 6.07) is 17.9. The molecule has 136 valence electrons. The van der Waals surface area contributed by atoms with Gasteiger partial charge in [-0.1, -0.05) is 60.5 Å². The highest BCUT2D eigenvalue weighted by Gasteiger charge is 2.23. The van der Waals surface area contributed by atoms with E-state index in [1.807, 2.05) is 49.4 Å². The van der Waals surface area contributed by atoms with E-state index < -0.39 is 7.60 Å². The number of hydrogen-bond acceptors (Lipinski definition) is 3. The van der Waals surface area contributed by atoms with Gasteiger partial charge in [-0.15, -0.1) is 0 Å². The molecule has 0 radical (unpaired) electrons. The number of allylic oxidation sites excluding steroid dienone is 1. The highest BCUT2D eigenvalue weighted by Crippen LogP contribution is 2.49. The third kappa shape index (κ3) is 6.92. The lowest BCUT2D eigenvalue weighted by atomic mass is 10.1. The maximum atomic E-state index is 12.8. The van der Waals surface area contributed by atoms with E-state index >= 15 is 0 Å². The molecule has 0 spiro atoms. The lowest BCUT2D eigenvalue weighted by Gasteiger charge is -2.15. The molecule has 1 unspecified atom stereocenters. The zero-order valence-corrected chi connectivity index (χ0v) is 16.3. The van der Waals surface area contributed by atoms with Crippen molar-refractivity contribution in [1.82, 2.24) is 0 Å². The minimum absolute atomic E-state index is 0.261. The van der Waals surface area contributed by atoms with E-state index in [-0.39, 0.29) is 6.61 Å². The Morgan fingerprint density at radius 3 is 2.46 bits per heavy atom. The van der Waals surface area contributed by atoms with Gasteiger partial charge in [0.2, 0.25) is 0 Å². The van der Waals surface area contributed by atoms with Gasteiger partial charge < -0.3 is 4.52 Å². The highest BCUT2D eigenvalue weighted by atomic mass is 31.2. The van der Waals surface area contributed by atoms with Gasteiger partial charge in [0.15, 0.2) is 0 Å². The van der Waals surface area contributed by atoms with Gasteiger partial charge in [0.1, 0.15) is 0 Å². The topological polar surface area (TPSA) is 35.5 Å². The standard InChI is InChI=1S/C22H25O3P/c1-4-24-26(23,18-17-22-15-13-19(2)14-16-22)25-20(3)9-8-12-21-10-6-5-7-11-21/h5-7,10-11,13-16H,3-4,8-9,12H2,1-2H3. The predicted octanol–water partition coefficient (Wildman–Crippen LogP) is 6.09. The average Bonchev–Trinajstić information content (AvgIpc) is 2.62. The van der Waals surface area contributed by atoms with Crippen LogP contribution in [0.15, 0.2) is 66.9 Å². The van der Waals surface area contributed by atoms with Crippen LogP contribution in [-0.2, 0) is 20.0 Å². The second-order valence-electron chi connectivity index (χ2n) is 5.99. The molecule has 0 saturated carbocycles. The summed E-state index contributed by atoms with van der Waals surface area (Å²) in [6.07, 6.45) is 2.38. The summed E-state index contributed by atoms with van der Waals surface area (Å²) in [7, 11) is -3.53. The number of benzene rings is 2. The molecule has 0 heterocycles. The summed E-state index contributed by atoms with van der Waals surface area (Å²) >= 11 is 0. The van der Waals surface area contributed by atoms with Crippen molar-refractivity contribution < 1.29 is 13.6 Å². The molecule has 1 atom stereocenters. The highest BCUT2D eigenvalue weighted by molar-refractivity contribution is 7.59. The van der Waals surface area contributed by atoms with Crippen molar-refractivity contribution in [2.75, 3.05) is 6.61 Å². The van der Waals surface area contributed by atoms with Gasteiger partial charge in [-0.25, -0.2) is 4.57 Å². The zero-order valence-electron chi connectivity index (χ0n) is 15.4. The lowest BCUT2D eigenvalue weighted by Crippen LogP contribution is -1.95. The van der Waals surface area contributed by atoms with E-state index in [0.29, 0.717) is 12.2 Å². The van der Waals surface area contributed by atoms with Crippen LogP contribution in [0.3, 0.4) is 0 Å². The fourth-order valence-electron chi connectivity index (χ4n) is 2.37. The summed E-state index contributed by atoms with van der Waals surface area (Å²) in [4.78, 5) is 0. The molecule has 2 aromatic carbocycles. The molecule has 2 rings (SSSR count).